The third-order valence-electron chi connectivity index (χ3n) is 4.10. The fraction of sp³-hybridized carbons (Fsp3) is 0.579. The lowest BCUT2D eigenvalue weighted by atomic mass is 9.88. The summed E-state index contributed by atoms with van der Waals surface area (Å²) in [5.74, 6) is 0.0800. The minimum absolute atomic E-state index is 0.0800. The topological polar surface area (TPSA) is 95.9 Å². The Bertz CT molecular complexity index is 635. The summed E-state index contributed by atoms with van der Waals surface area (Å²) >= 11 is 0. The zero-order chi connectivity index (χ0) is 18.6. The molecule has 138 valence electrons. The number of aryl methyl sites for hydroxylation is 1. The average Bonchev–Trinajstić information content (AvgIpc) is 2.52. The van der Waals surface area contributed by atoms with Gasteiger partial charge in [-0.15, -0.1) is 0 Å². The Balaban J connectivity index is 1.90. The van der Waals surface area contributed by atoms with Gasteiger partial charge in [0, 0.05) is 18.5 Å². The molecule has 0 heterocycles. The minimum Gasteiger partial charge on any atom is -0.444 e. The Morgan fingerprint density at radius 2 is 2.00 bits per heavy atom. The van der Waals surface area contributed by atoms with Crippen molar-refractivity contribution < 1.29 is 24.5 Å². The highest BCUT2D eigenvalue weighted by Crippen LogP contribution is 2.26. The molecule has 1 aliphatic rings. The van der Waals surface area contributed by atoms with Gasteiger partial charge in [0.2, 0.25) is 0 Å². The highest BCUT2D eigenvalue weighted by molar-refractivity contribution is 5.98. The molecule has 2 rings (SSSR count). The number of hydrogen-bond donors (Lipinski definition) is 3. The number of ether oxygens (including phenoxy) is 1. The Morgan fingerprint density at radius 3 is 2.68 bits per heavy atom. The third-order valence-corrected chi connectivity index (χ3v) is 4.10. The van der Waals surface area contributed by atoms with Crippen LogP contribution in [0.2, 0.25) is 0 Å². The molecule has 25 heavy (non-hydrogen) atoms. The maximum absolute atomic E-state index is 12.0. The molecule has 6 heteroatoms. The van der Waals surface area contributed by atoms with Crippen LogP contribution in [0.1, 0.15) is 67.6 Å². The number of carbonyl (C=O) groups is 2. The van der Waals surface area contributed by atoms with Crippen LogP contribution in [0.25, 0.3) is 0 Å². The predicted molar refractivity (Wildman–Crippen MR) is 93.5 cm³/mol. The normalized spacial score (nSPS) is 16.8. The first-order valence-electron chi connectivity index (χ1n) is 8.66. The Hall–Kier alpha value is -1.92. The maximum atomic E-state index is 12.0. The summed E-state index contributed by atoms with van der Waals surface area (Å²) in [6, 6.07) is 5.26. The fourth-order valence-corrected chi connectivity index (χ4v) is 2.85. The lowest BCUT2D eigenvalue weighted by Crippen LogP contribution is -2.34. The third kappa shape index (κ3) is 5.54. The van der Waals surface area contributed by atoms with E-state index >= 15 is 0 Å². The van der Waals surface area contributed by atoms with Crippen molar-refractivity contribution in [1.29, 1.82) is 0 Å². The second-order valence-corrected chi connectivity index (χ2v) is 7.42. The SMILES string of the molecule is CC(C)(C)OC(=O)NCCC(O)C(O)c1ccc2c(c1)C(=O)CCC2. The molecule has 1 aliphatic carbocycles. The monoisotopic (exact) mass is 349 g/mol. The van der Waals surface area contributed by atoms with Gasteiger partial charge in [-0.25, -0.2) is 4.79 Å². The van der Waals surface area contributed by atoms with E-state index in [1.807, 2.05) is 6.07 Å². The van der Waals surface area contributed by atoms with Gasteiger partial charge < -0.3 is 20.3 Å². The van der Waals surface area contributed by atoms with Crippen molar-refractivity contribution >= 4 is 11.9 Å². The summed E-state index contributed by atoms with van der Waals surface area (Å²) in [6.07, 6.45) is -0.312. The van der Waals surface area contributed by atoms with E-state index < -0.39 is 23.9 Å². The van der Waals surface area contributed by atoms with Crippen LogP contribution in [-0.2, 0) is 11.2 Å². The standard InChI is InChI=1S/C19H27NO5/c1-19(2,3)25-18(24)20-10-9-16(22)17(23)13-8-7-12-5-4-6-15(21)14(12)11-13/h7-8,11,16-17,22-23H,4-6,9-10H2,1-3H3,(H,20,24). The van der Waals surface area contributed by atoms with Gasteiger partial charge in [0.05, 0.1) is 6.10 Å². The highest BCUT2D eigenvalue weighted by Gasteiger charge is 2.23. The van der Waals surface area contributed by atoms with Crippen molar-refractivity contribution in [2.75, 3.05) is 6.54 Å². The molecule has 0 fully saturated rings. The van der Waals surface area contributed by atoms with Gasteiger partial charge in [-0.05, 0) is 57.2 Å². The number of amides is 1. The molecule has 0 aromatic heterocycles. The van der Waals surface area contributed by atoms with Crippen molar-refractivity contribution in [3.63, 3.8) is 0 Å². The van der Waals surface area contributed by atoms with Crippen molar-refractivity contribution in [3.8, 4) is 0 Å². The van der Waals surface area contributed by atoms with Crippen LogP contribution in [0.3, 0.4) is 0 Å². The molecule has 0 radical (unpaired) electrons. The summed E-state index contributed by atoms with van der Waals surface area (Å²) in [7, 11) is 0. The molecule has 3 N–H and O–H groups in total. The number of carbonyl (C=O) groups excluding carboxylic acids is 2. The number of fused-ring (bicyclic) bond motifs is 1. The first-order valence-corrected chi connectivity index (χ1v) is 8.66. The van der Waals surface area contributed by atoms with Crippen LogP contribution in [0.15, 0.2) is 18.2 Å². The average molecular weight is 349 g/mol. The summed E-state index contributed by atoms with van der Waals surface area (Å²) in [5, 5.41) is 23.0. The number of nitrogens with one attached hydrogen (secondary N) is 1. The van der Waals surface area contributed by atoms with Gasteiger partial charge in [0.1, 0.15) is 11.7 Å². The van der Waals surface area contributed by atoms with Crippen LogP contribution in [0, 0.1) is 0 Å². The zero-order valence-electron chi connectivity index (χ0n) is 15.0. The van der Waals surface area contributed by atoms with E-state index in [1.165, 1.54) is 0 Å². The number of rotatable bonds is 5. The fourth-order valence-electron chi connectivity index (χ4n) is 2.85. The molecule has 0 saturated carbocycles. The maximum Gasteiger partial charge on any atom is 0.407 e. The van der Waals surface area contributed by atoms with Gasteiger partial charge in [0.25, 0.3) is 0 Å². The number of hydrogen-bond acceptors (Lipinski definition) is 5. The molecule has 0 spiro atoms. The van der Waals surface area contributed by atoms with E-state index in [4.69, 9.17) is 4.74 Å². The largest absolute Gasteiger partial charge is 0.444 e. The van der Waals surface area contributed by atoms with Gasteiger partial charge in [-0.2, -0.15) is 0 Å². The molecule has 0 saturated heterocycles. The summed E-state index contributed by atoms with van der Waals surface area (Å²) < 4.78 is 5.11. The highest BCUT2D eigenvalue weighted by atomic mass is 16.6. The first kappa shape index (κ1) is 19.4. The van der Waals surface area contributed by atoms with Crippen molar-refractivity contribution in [3.05, 3.63) is 34.9 Å². The number of Topliss-reactive ketones (excluding diaryl/α,β-unsaturated/α-hetero) is 1. The molecule has 0 bridgehead atoms. The number of alkyl carbamates (subject to hydrolysis) is 1. The van der Waals surface area contributed by atoms with Gasteiger partial charge >= 0.3 is 6.09 Å². The predicted octanol–water partition coefficient (Wildman–Crippen LogP) is 2.51. The van der Waals surface area contributed by atoms with E-state index in [1.54, 1.807) is 32.9 Å². The summed E-state index contributed by atoms with van der Waals surface area (Å²) in [5.41, 5.74) is 1.56. The van der Waals surface area contributed by atoms with Crippen LogP contribution >= 0.6 is 0 Å². The Kier molecular flexibility index (Phi) is 6.19. The zero-order valence-corrected chi connectivity index (χ0v) is 15.0. The van der Waals surface area contributed by atoms with Crippen molar-refractivity contribution in [2.24, 2.45) is 0 Å². The lowest BCUT2D eigenvalue weighted by Gasteiger charge is -2.22. The van der Waals surface area contributed by atoms with E-state index in [9.17, 15) is 19.8 Å². The van der Waals surface area contributed by atoms with Crippen molar-refractivity contribution in [2.45, 2.75) is 64.3 Å². The van der Waals surface area contributed by atoms with Crippen LogP contribution in [0.5, 0.6) is 0 Å². The van der Waals surface area contributed by atoms with Crippen molar-refractivity contribution in [1.82, 2.24) is 5.32 Å². The molecule has 6 nitrogen and oxygen atoms in total. The first-order chi connectivity index (χ1) is 11.7. The van der Waals surface area contributed by atoms with E-state index in [-0.39, 0.29) is 18.7 Å². The quantitative estimate of drug-likeness (QED) is 0.759. The smallest absolute Gasteiger partial charge is 0.407 e. The second-order valence-electron chi connectivity index (χ2n) is 7.42. The molecule has 1 amide bonds. The molecule has 2 unspecified atom stereocenters. The lowest BCUT2D eigenvalue weighted by molar-refractivity contribution is 0.0122. The molecule has 2 atom stereocenters. The van der Waals surface area contributed by atoms with Gasteiger partial charge in [-0.3, -0.25) is 4.79 Å². The molecule has 1 aromatic rings. The van der Waals surface area contributed by atoms with Gasteiger partial charge in [-0.1, -0.05) is 12.1 Å². The minimum atomic E-state index is -1.11. The van der Waals surface area contributed by atoms with E-state index in [0.29, 0.717) is 17.5 Å². The molecular weight excluding hydrogens is 322 g/mol. The molecular formula is C19H27NO5. The number of aliphatic hydroxyl groups excluding tert-OH is 2. The summed E-state index contributed by atoms with van der Waals surface area (Å²) in [6.45, 7) is 5.48. The number of aliphatic hydroxyl groups is 2. The number of ketones is 1. The molecule has 1 aromatic carbocycles. The van der Waals surface area contributed by atoms with E-state index in [2.05, 4.69) is 5.32 Å². The van der Waals surface area contributed by atoms with Crippen LogP contribution in [-0.4, -0.2) is 40.3 Å². The Labute approximate surface area is 148 Å². The summed E-state index contributed by atoms with van der Waals surface area (Å²) in [4.78, 5) is 23.5. The van der Waals surface area contributed by atoms with Crippen LogP contribution in [0.4, 0.5) is 4.79 Å². The van der Waals surface area contributed by atoms with Gasteiger partial charge in [0.15, 0.2) is 5.78 Å². The second kappa shape index (κ2) is 7.97. The molecule has 0 aliphatic heterocycles. The Morgan fingerprint density at radius 1 is 1.28 bits per heavy atom. The van der Waals surface area contributed by atoms with Crippen LogP contribution < -0.4 is 5.32 Å². The van der Waals surface area contributed by atoms with E-state index in [0.717, 1.165) is 18.4 Å². The number of benzene rings is 1.